The van der Waals surface area contributed by atoms with E-state index in [4.69, 9.17) is 0 Å². The summed E-state index contributed by atoms with van der Waals surface area (Å²) in [5.74, 6) is 0.563. The molecule has 0 unspecified atom stereocenters. The van der Waals surface area contributed by atoms with Crippen LogP contribution in [0.25, 0.3) is 0 Å². The molecule has 20 heavy (non-hydrogen) atoms. The van der Waals surface area contributed by atoms with Crippen molar-refractivity contribution in [2.45, 2.75) is 18.1 Å². The Kier molecular flexibility index (Phi) is 4.73. The predicted octanol–water partition coefficient (Wildman–Crippen LogP) is 2.46. The number of hydrogen-bond acceptors (Lipinski definition) is 5. The molecule has 0 saturated carbocycles. The number of amides is 1. The Labute approximate surface area is 128 Å². The second-order valence-electron chi connectivity index (χ2n) is 4.75. The minimum absolute atomic E-state index is 0.0523. The van der Waals surface area contributed by atoms with Crippen LogP contribution in [0.5, 0.6) is 0 Å². The third kappa shape index (κ3) is 3.41. The van der Waals surface area contributed by atoms with Gasteiger partial charge in [-0.25, -0.2) is 0 Å². The van der Waals surface area contributed by atoms with Crippen LogP contribution < -0.4 is 10.6 Å². The number of anilines is 1. The average molecular weight is 355 g/mol. The summed E-state index contributed by atoms with van der Waals surface area (Å²) in [4.78, 5) is 12.0. The van der Waals surface area contributed by atoms with Crippen LogP contribution in [-0.2, 0) is 4.79 Å². The van der Waals surface area contributed by atoms with Gasteiger partial charge in [0.1, 0.15) is 0 Å². The molecule has 2 N–H and O–H groups in total. The van der Waals surface area contributed by atoms with E-state index in [9.17, 15) is 4.79 Å². The fourth-order valence-corrected chi connectivity index (χ4v) is 4.43. The fraction of sp³-hybridized carbons (Fsp3) is 0.462. The molecule has 2 aliphatic heterocycles. The Bertz CT molecular complexity index is 580. The maximum atomic E-state index is 12.0. The molecule has 2 heterocycles. The Morgan fingerprint density at radius 3 is 3.10 bits per heavy atom. The number of nitrogens with zero attached hydrogens (tertiary/aromatic N) is 2. The molecule has 0 aromatic heterocycles. The van der Waals surface area contributed by atoms with Gasteiger partial charge in [0.05, 0.1) is 0 Å². The second kappa shape index (κ2) is 6.72. The van der Waals surface area contributed by atoms with E-state index >= 15 is 0 Å². The number of fused-ring (bicyclic) bond motifs is 1. The van der Waals surface area contributed by atoms with Crippen molar-refractivity contribution in [1.29, 1.82) is 0 Å². The van der Waals surface area contributed by atoms with Crippen LogP contribution in [0, 0.1) is 0 Å². The molecule has 7 heteroatoms. The van der Waals surface area contributed by atoms with Gasteiger partial charge in [0.15, 0.2) is 0 Å². The van der Waals surface area contributed by atoms with E-state index in [2.05, 4.69) is 18.6 Å². The molecular weight excluding hydrogens is 339 g/mol. The third-order valence-corrected chi connectivity index (χ3v) is 5.81. The van der Waals surface area contributed by atoms with Crippen LogP contribution in [-0.4, -0.2) is 44.6 Å². The van der Waals surface area contributed by atoms with Crippen LogP contribution >= 0.6 is 11.8 Å². The van der Waals surface area contributed by atoms with Gasteiger partial charge in [-0.2, -0.15) is 0 Å². The first-order valence-corrected chi connectivity index (χ1v) is 9.24. The van der Waals surface area contributed by atoms with Crippen molar-refractivity contribution in [3.05, 3.63) is 18.2 Å². The number of nitrogens with one attached hydrogen (secondary N) is 2. The molecule has 0 spiro atoms. The van der Waals surface area contributed by atoms with Gasteiger partial charge in [0.25, 0.3) is 0 Å². The number of hydrogen-bond donors (Lipinski definition) is 2. The summed E-state index contributed by atoms with van der Waals surface area (Å²) in [5, 5.41) is 6.90. The molecule has 1 amide bonds. The maximum absolute atomic E-state index is 12.0. The first kappa shape index (κ1) is 14.1. The first-order valence-electron chi connectivity index (χ1n) is 6.66. The zero-order valence-corrected chi connectivity index (χ0v) is 13.5. The molecule has 1 saturated heterocycles. The van der Waals surface area contributed by atoms with Gasteiger partial charge in [0, 0.05) is 0 Å². The minimum atomic E-state index is -0.0625. The molecule has 1 fully saturated rings. The Morgan fingerprint density at radius 2 is 2.25 bits per heavy atom. The average Bonchev–Trinajstić information content (AvgIpc) is 2.96. The van der Waals surface area contributed by atoms with Gasteiger partial charge < -0.3 is 0 Å². The van der Waals surface area contributed by atoms with E-state index in [1.807, 2.05) is 18.2 Å². The van der Waals surface area contributed by atoms with Crippen LogP contribution in [0.15, 0.2) is 26.1 Å². The predicted molar refractivity (Wildman–Crippen MR) is 83.4 cm³/mol. The zero-order valence-electron chi connectivity index (χ0n) is 11.0. The quantitative estimate of drug-likeness (QED) is 0.828. The van der Waals surface area contributed by atoms with Crippen molar-refractivity contribution >= 4 is 49.3 Å². The number of carbonyl (C=O) groups excluding carboxylic acids is 1. The molecule has 0 aliphatic carbocycles. The normalized spacial score (nSPS) is 17.6. The number of thioether (sulfide) groups is 1. The van der Waals surface area contributed by atoms with E-state index in [1.165, 1.54) is 0 Å². The number of benzene rings is 1. The molecule has 2 aliphatic rings. The monoisotopic (exact) mass is 356 g/mol. The van der Waals surface area contributed by atoms with Crippen molar-refractivity contribution in [2.75, 3.05) is 24.2 Å². The van der Waals surface area contributed by atoms with E-state index in [0.717, 1.165) is 43.0 Å². The zero-order chi connectivity index (χ0) is 13.8. The summed E-state index contributed by atoms with van der Waals surface area (Å²) in [6, 6.07) is 5.74. The van der Waals surface area contributed by atoms with Crippen LogP contribution in [0.4, 0.5) is 17.1 Å². The molecule has 0 atom stereocenters. The van der Waals surface area contributed by atoms with Crippen molar-refractivity contribution in [1.82, 2.24) is 5.32 Å². The van der Waals surface area contributed by atoms with Crippen molar-refractivity contribution in [3.63, 3.8) is 0 Å². The standard InChI is InChI=1S/C13H16N4OSSe/c18-12(8-19-9-4-6-14-7-5-9)15-10-2-1-3-11-13(10)17-20-16-11/h1-3,9,14H,4-8H2,(H,15,18). The summed E-state index contributed by atoms with van der Waals surface area (Å²) in [6.07, 6.45) is 2.30. The molecule has 0 radical (unpaired) electrons. The van der Waals surface area contributed by atoms with Crippen molar-refractivity contribution < 1.29 is 4.79 Å². The number of piperidine rings is 1. The summed E-state index contributed by atoms with van der Waals surface area (Å²) < 4.78 is 8.69. The Hall–Kier alpha value is -0.881. The summed E-state index contributed by atoms with van der Waals surface area (Å²) >= 11 is 1.69. The van der Waals surface area contributed by atoms with Gasteiger partial charge in [0.2, 0.25) is 0 Å². The van der Waals surface area contributed by atoms with E-state index in [1.54, 1.807) is 11.8 Å². The SMILES string of the molecule is O=C(CSC1CCNCC1)Nc1cccc2c1N=[Se]=N2. The number of rotatable bonds is 4. The van der Waals surface area contributed by atoms with Crippen LogP contribution in [0.1, 0.15) is 12.8 Å². The summed E-state index contributed by atoms with van der Waals surface area (Å²) in [6.45, 7) is 2.13. The first-order chi connectivity index (χ1) is 9.83. The summed E-state index contributed by atoms with van der Waals surface area (Å²) in [7, 11) is 0. The van der Waals surface area contributed by atoms with E-state index in [-0.39, 0.29) is 20.5 Å². The molecule has 106 valence electrons. The third-order valence-electron chi connectivity index (χ3n) is 3.30. The molecule has 0 bridgehead atoms. The van der Waals surface area contributed by atoms with Gasteiger partial charge >= 0.3 is 128 Å². The topological polar surface area (TPSA) is 65.8 Å². The molecule has 3 rings (SSSR count). The molecular formula is C13H16N4OSSe. The summed E-state index contributed by atoms with van der Waals surface area (Å²) in [5.41, 5.74) is 2.53. The van der Waals surface area contributed by atoms with Crippen molar-refractivity contribution in [2.24, 2.45) is 7.92 Å². The Morgan fingerprint density at radius 1 is 1.40 bits per heavy atom. The van der Waals surface area contributed by atoms with Crippen LogP contribution in [0.3, 0.4) is 0 Å². The van der Waals surface area contributed by atoms with Gasteiger partial charge in [-0.1, -0.05) is 0 Å². The second-order valence-corrected chi connectivity index (χ2v) is 7.14. The number of carbonyl (C=O) groups is 1. The van der Waals surface area contributed by atoms with Crippen molar-refractivity contribution in [3.8, 4) is 0 Å². The van der Waals surface area contributed by atoms with E-state index < -0.39 is 0 Å². The van der Waals surface area contributed by atoms with Gasteiger partial charge in [-0.15, -0.1) is 0 Å². The Balaban J connectivity index is 1.54. The van der Waals surface area contributed by atoms with Gasteiger partial charge in [-0.05, 0) is 0 Å². The van der Waals surface area contributed by atoms with E-state index in [0.29, 0.717) is 11.0 Å². The molecule has 1 aromatic carbocycles. The van der Waals surface area contributed by atoms with Crippen LogP contribution in [0.2, 0.25) is 0 Å². The molecule has 1 aromatic rings. The fourth-order valence-electron chi connectivity index (χ4n) is 2.25. The van der Waals surface area contributed by atoms with Gasteiger partial charge in [-0.3, -0.25) is 0 Å². The molecule has 5 nitrogen and oxygen atoms in total.